The van der Waals surface area contributed by atoms with Crippen LogP contribution in [-0.2, 0) is 12.8 Å². The second-order valence-electron chi connectivity index (χ2n) is 5.10. The Bertz CT molecular complexity index is 589. The molecule has 1 N–H and O–H groups in total. The molecule has 2 aromatic rings. The van der Waals surface area contributed by atoms with Crippen molar-refractivity contribution in [1.82, 2.24) is 5.32 Å². The van der Waals surface area contributed by atoms with Crippen LogP contribution in [0, 0.1) is 6.92 Å². The van der Waals surface area contributed by atoms with E-state index >= 15 is 0 Å². The Morgan fingerprint density at radius 3 is 2.65 bits per heavy atom. The van der Waals surface area contributed by atoms with Crippen molar-refractivity contribution in [2.75, 3.05) is 13.6 Å². The molecule has 0 saturated carbocycles. The van der Waals surface area contributed by atoms with Crippen molar-refractivity contribution in [3.63, 3.8) is 0 Å². The number of ketones is 1. The lowest BCUT2D eigenvalue weighted by molar-refractivity contribution is 0.0992. The van der Waals surface area contributed by atoms with Gasteiger partial charge in [0.05, 0.1) is 0 Å². The summed E-state index contributed by atoms with van der Waals surface area (Å²) in [6.45, 7) is 2.93. The number of carbonyl (C=O) groups is 1. The first-order chi connectivity index (χ1) is 9.70. The molecule has 0 bridgehead atoms. The molecule has 2 aromatic carbocycles. The van der Waals surface area contributed by atoms with E-state index in [1.165, 1.54) is 5.56 Å². The molecule has 0 aromatic heterocycles. The van der Waals surface area contributed by atoms with Crippen LogP contribution in [0.1, 0.15) is 27.0 Å². The molecule has 0 heterocycles. The first kappa shape index (κ1) is 14.5. The fourth-order valence-electron chi connectivity index (χ4n) is 2.37. The maximum atomic E-state index is 12.5. The zero-order chi connectivity index (χ0) is 14.4. The number of hydrogen-bond donors (Lipinski definition) is 1. The van der Waals surface area contributed by atoms with Crippen LogP contribution in [0.15, 0.2) is 48.5 Å². The van der Waals surface area contributed by atoms with Crippen LogP contribution in [0.3, 0.4) is 0 Å². The van der Waals surface area contributed by atoms with Crippen molar-refractivity contribution in [2.24, 2.45) is 0 Å². The highest BCUT2D eigenvalue weighted by atomic mass is 16.1. The maximum absolute atomic E-state index is 12.5. The molecule has 2 heteroatoms. The Morgan fingerprint density at radius 2 is 1.90 bits per heavy atom. The average molecular weight is 267 g/mol. The monoisotopic (exact) mass is 267 g/mol. The molecule has 0 aliphatic carbocycles. The molecule has 20 heavy (non-hydrogen) atoms. The predicted molar refractivity (Wildman–Crippen MR) is 83.3 cm³/mol. The van der Waals surface area contributed by atoms with Crippen LogP contribution in [0.25, 0.3) is 0 Å². The normalized spacial score (nSPS) is 10.5. The molecule has 0 aliphatic rings. The highest BCUT2D eigenvalue weighted by Gasteiger charge is 2.11. The molecule has 104 valence electrons. The maximum Gasteiger partial charge on any atom is 0.167 e. The van der Waals surface area contributed by atoms with Crippen LogP contribution in [0.4, 0.5) is 0 Å². The molecule has 0 amide bonds. The number of hydrogen-bond acceptors (Lipinski definition) is 2. The van der Waals surface area contributed by atoms with Crippen molar-refractivity contribution in [2.45, 2.75) is 19.8 Å². The predicted octanol–water partition coefficient (Wildman–Crippen LogP) is 3.18. The molecule has 2 rings (SSSR count). The summed E-state index contributed by atoms with van der Waals surface area (Å²) in [4.78, 5) is 12.5. The summed E-state index contributed by atoms with van der Waals surface area (Å²) in [5.41, 5.74) is 4.25. The smallest absolute Gasteiger partial charge is 0.167 e. The minimum absolute atomic E-state index is 0.197. The van der Waals surface area contributed by atoms with E-state index in [9.17, 15) is 4.79 Å². The summed E-state index contributed by atoms with van der Waals surface area (Å²) in [6.07, 6.45) is 1.35. The second-order valence-corrected chi connectivity index (χ2v) is 5.10. The molecular formula is C18H21NO. The van der Waals surface area contributed by atoms with E-state index in [4.69, 9.17) is 0 Å². The van der Waals surface area contributed by atoms with Gasteiger partial charge in [0, 0.05) is 12.0 Å². The van der Waals surface area contributed by atoms with Gasteiger partial charge in [0.15, 0.2) is 5.78 Å². The molecular weight excluding hydrogens is 246 g/mol. The lowest BCUT2D eigenvalue weighted by Gasteiger charge is -2.09. The van der Waals surface area contributed by atoms with E-state index in [0.29, 0.717) is 6.42 Å². The van der Waals surface area contributed by atoms with Crippen LogP contribution in [0.5, 0.6) is 0 Å². The Kier molecular flexibility index (Phi) is 5.08. The lowest BCUT2D eigenvalue weighted by Crippen LogP contribution is -2.14. The highest BCUT2D eigenvalue weighted by molar-refractivity contribution is 5.98. The van der Waals surface area contributed by atoms with Gasteiger partial charge in [-0.3, -0.25) is 4.79 Å². The van der Waals surface area contributed by atoms with Gasteiger partial charge >= 0.3 is 0 Å². The summed E-state index contributed by atoms with van der Waals surface area (Å²) in [5.74, 6) is 0.197. The molecule has 0 spiro atoms. The summed E-state index contributed by atoms with van der Waals surface area (Å²) < 4.78 is 0. The Hall–Kier alpha value is -1.93. The Balaban J connectivity index is 2.16. The number of rotatable bonds is 6. The van der Waals surface area contributed by atoms with E-state index in [0.717, 1.165) is 29.7 Å². The number of carbonyl (C=O) groups excluding carboxylic acids is 1. The van der Waals surface area contributed by atoms with E-state index in [1.807, 2.05) is 43.4 Å². The zero-order valence-electron chi connectivity index (χ0n) is 12.1. The van der Waals surface area contributed by atoms with Crippen molar-refractivity contribution < 1.29 is 4.79 Å². The van der Waals surface area contributed by atoms with Gasteiger partial charge in [-0.25, -0.2) is 0 Å². The third-order valence-electron chi connectivity index (χ3n) is 3.41. The molecule has 0 unspecified atom stereocenters. The summed E-state index contributed by atoms with van der Waals surface area (Å²) in [6, 6.07) is 16.1. The van der Waals surface area contributed by atoms with Gasteiger partial charge in [-0.15, -0.1) is 0 Å². The van der Waals surface area contributed by atoms with Gasteiger partial charge in [0.25, 0.3) is 0 Å². The molecule has 0 saturated heterocycles. The molecule has 0 aliphatic heterocycles. The van der Waals surface area contributed by atoms with Crippen LogP contribution in [0.2, 0.25) is 0 Å². The number of aryl methyl sites for hydroxylation is 1. The van der Waals surface area contributed by atoms with E-state index in [-0.39, 0.29) is 5.78 Å². The third kappa shape index (κ3) is 3.78. The van der Waals surface area contributed by atoms with Crippen molar-refractivity contribution in [3.05, 3.63) is 70.8 Å². The van der Waals surface area contributed by atoms with Crippen LogP contribution >= 0.6 is 0 Å². The quantitative estimate of drug-likeness (QED) is 0.814. The Labute approximate surface area is 120 Å². The third-order valence-corrected chi connectivity index (χ3v) is 3.41. The number of Topliss-reactive ketones (excluding diaryl/α,β-unsaturated/α-hetero) is 1. The van der Waals surface area contributed by atoms with Gasteiger partial charge in [-0.2, -0.15) is 0 Å². The Morgan fingerprint density at radius 1 is 1.10 bits per heavy atom. The van der Waals surface area contributed by atoms with Gasteiger partial charge < -0.3 is 5.32 Å². The minimum atomic E-state index is 0.197. The van der Waals surface area contributed by atoms with Gasteiger partial charge in [-0.1, -0.05) is 54.1 Å². The average Bonchev–Trinajstić information content (AvgIpc) is 2.45. The highest BCUT2D eigenvalue weighted by Crippen LogP contribution is 2.14. The standard InChI is InChI=1S/C18H21NO/c1-14-6-5-7-15(12-14)13-18(20)17-9-4-3-8-16(17)10-11-19-2/h3-9,12,19H,10-11,13H2,1-2H3. The van der Waals surface area contributed by atoms with E-state index < -0.39 is 0 Å². The fraction of sp³-hybridized carbons (Fsp3) is 0.278. The van der Waals surface area contributed by atoms with E-state index in [2.05, 4.69) is 24.4 Å². The largest absolute Gasteiger partial charge is 0.319 e. The summed E-state index contributed by atoms with van der Waals surface area (Å²) >= 11 is 0. The lowest BCUT2D eigenvalue weighted by atomic mass is 9.96. The topological polar surface area (TPSA) is 29.1 Å². The van der Waals surface area contributed by atoms with Gasteiger partial charge in [0.2, 0.25) is 0 Å². The minimum Gasteiger partial charge on any atom is -0.319 e. The zero-order valence-corrected chi connectivity index (χ0v) is 12.1. The SMILES string of the molecule is CNCCc1ccccc1C(=O)Cc1cccc(C)c1. The molecule has 0 atom stereocenters. The molecule has 0 fully saturated rings. The number of benzene rings is 2. The van der Waals surface area contributed by atoms with Crippen molar-refractivity contribution >= 4 is 5.78 Å². The second kappa shape index (κ2) is 7.01. The van der Waals surface area contributed by atoms with E-state index in [1.54, 1.807) is 0 Å². The van der Waals surface area contributed by atoms with Crippen LogP contribution in [-0.4, -0.2) is 19.4 Å². The van der Waals surface area contributed by atoms with Crippen molar-refractivity contribution in [3.8, 4) is 0 Å². The number of likely N-dealkylation sites (N-methyl/N-ethyl adjacent to an activating group) is 1. The van der Waals surface area contributed by atoms with Gasteiger partial charge in [-0.05, 0) is 38.1 Å². The molecule has 0 radical (unpaired) electrons. The first-order valence-corrected chi connectivity index (χ1v) is 7.02. The molecule has 2 nitrogen and oxygen atoms in total. The van der Waals surface area contributed by atoms with Gasteiger partial charge in [0.1, 0.15) is 0 Å². The number of nitrogens with one attached hydrogen (secondary N) is 1. The van der Waals surface area contributed by atoms with Crippen LogP contribution < -0.4 is 5.32 Å². The fourth-order valence-corrected chi connectivity index (χ4v) is 2.37. The summed E-state index contributed by atoms with van der Waals surface area (Å²) in [5, 5.41) is 3.13. The summed E-state index contributed by atoms with van der Waals surface area (Å²) in [7, 11) is 1.93. The van der Waals surface area contributed by atoms with Crippen molar-refractivity contribution in [1.29, 1.82) is 0 Å². The first-order valence-electron chi connectivity index (χ1n) is 7.02.